The molecule has 3 heteroatoms. The molecule has 2 atom stereocenters. The van der Waals surface area contributed by atoms with Crippen molar-refractivity contribution in [2.75, 3.05) is 5.75 Å². The molecule has 0 aliphatic carbocycles. The van der Waals surface area contributed by atoms with Gasteiger partial charge in [0.2, 0.25) is 0 Å². The fourth-order valence-electron chi connectivity index (χ4n) is 1.36. The van der Waals surface area contributed by atoms with E-state index >= 15 is 0 Å². The lowest BCUT2D eigenvalue weighted by molar-refractivity contribution is 0.564. The fraction of sp³-hybridized carbons (Fsp3) is 0.556. The summed E-state index contributed by atoms with van der Waals surface area (Å²) >= 11 is 3.88. The lowest BCUT2D eigenvalue weighted by Crippen LogP contribution is -2.24. The molecule has 1 aliphatic rings. The molecule has 2 heterocycles. The molecule has 2 unspecified atom stereocenters. The van der Waals surface area contributed by atoms with Crippen LogP contribution in [0.25, 0.3) is 0 Å². The van der Waals surface area contributed by atoms with E-state index in [-0.39, 0.29) is 0 Å². The molecule has 0 spiro atoms. The molecule has 66 valence electrons. The average Bonchev–Trinajstić information content (AvgIpc) is 2.75. The van der Waals surface area contributed by atoms with E-state index in [1.165, 1.54) is 17.1 Å². The Hall–Kier alpha value is 0.01000. The highest BCUT2D eigenvalue weighted by Crippen LogP contribution is 2.35. The fourth-order valence-corrected chi connectivity index (χ4v) is 3.69. The zero-order valence-electron chi connectivity index (χ0n) is 7.12. The van der Waals surface area contributed by atoms with Crippen LogP contribution < -0.4 is 5.32 Å². The first-order valence-corrected chi connectivity index (χ1v) is 6.24. The maximum absolute atomic E-state index is 3.62. The Kier molecular flexibility index (Phi) is 2.73. The van der Waals surface area contributed by atoms with Gasteiger partial charge < -0.3 is 0 Å². The Labute approximate surface area is 81.6 Å². The lowest BCUT2D eigenvalue weighted by Gasteiger charge is -2.09. The maximum Gasteiger partial charge on any atom is 0.0885 e. The third-order valence-electron chi connectivity index (χ3n) is 2.15. The van der Waals surface area contributed by atoms with Gasteiger partial charge in [-0.3, -0.25) is 5.32 Å². The number of hydrogen-bond acceptors (Lipinski definition) is 3. The second-order valence-corrected chi connectivity index (χ2v) is 5.12. The van der Waals surface area contributed by atoms with Crippen molar-refractivity contribution in [3.8, 4) is 0 Å². The molecule has 1 nitrogen and oxygen atoms in total. The molecule has 1 fully saturated rings. The molecular formula is C9H13NS2. The summed E-state index contributed by atoms with van der Waals surface area (Å²) in [6.07, 6.45) is 1.24. The van der Waals surface area contributed by atoms with E-state index in [4.69, 9.17) is 0 Å². The van der Waals surface area contributed by atoms with Crippen LogP contribution in [0.15, 0.2) is 17.5 Å². The molecule has 0 aromatic carbocycles. The molecule has 0 saturated carbocycles. The van der Waals surface area contributed by atoms with Gasteiger partial charge in [0.15, 0.2) is 0 Å². The molecule has 0 radical (unpaired) electrons. The molecule has 0 bridgehead atoms. The smallest absolute Gasteiger partial charge is 0.0885 e. The van der Waals surface area contributed by atoms with Gasteiger partial charge in [0.25, 0.3) is 0 Å². The topological polar surface area (TPSA) is 12.0 Å². The number of thioether (sulfide) groups is 1. The minimum Gasteiger partial charge on any atom is -0.297 e. The highest BCUT2D eigenvalue weighted by atomic mass is 32.2. The molecule has 1 aliphatic heterocycles. The van der Waals surface area contributed by atoms with Crippen LogP contribution in [0.1, 0.15) is 23.6 Å². The van der Waals surface area contributed by atoms with Gasteiger partial charge in [0, 0.05) is 16.7 Å². The normalized spacial score (nSPS) is 29.4. The van der Waals surface area contributed by atoms with Gasteiger partial charge in [-0.25, -0.2) is 0 Å². The Morgan fingerprint density at radius 1 is 1.67 bits per heavy atom. The molecule has 1 N–H and O–H groups in total. The molecule has 1 aromatic heterocycles. The summed E-state index contributed by atoms with van der Waals surface area (Å²) in [7, 11) is 0. The maximum atomic E-state index is 3.62. The molecule has 1 saturated heterocycles. The quantitative estimate of drug-likeness (QED) is 0.786. The minimum atomic E-state index is 0.565. The van der Waals surface area contributed by atoms with Crippen molar-refractivity contribution in [2.24, 2.45) is 0 Å². The number of hydrogen-bond donors (Lipinski definition) is 1. The van der Waals surface area contributed by atoms with Crippen LogP contribution in [0.4, 0.5) is 0 Å². The summed E-state index contributed by atoms with van der Waals surface area (Å²) < 4.78 is 0. The van der Waals surface area contributed by atoms with E-state index in [0.717, 1.165) is 6.04 Å². The van der Waals surface area contributed by atoms with Crippen molar-refractivity contribution < 1.29 is 0 Å². The van der Waals surface area contributed by atoms with E-state index in [1.807, 2.05) is 23.1 Å². The first-order chi connectivity index (χ1) is 5.90. The highest BCUT2D eigenvalue weighted by molar-refractivity contribution is 7.99. The zero-order chi connectivity index (χ0) is 8.39. The Bertz CT molecular complexity index is 233. The second-order valence-electron chi connectivity index (χ2n) is 3.00. The van der Waals surface area contributed by atoms with Crippen molar-refractivity contribution >= 4 is 23.1 Å². The van der Waals surface area contributed by atoms with E-state index in [2.05, 4.69) is 29.8 Å². The van der Waals surface area contributed by atoms with Crippen molar-refractivity contribution in [1.29, 1.82) is 0 Å². The van der Waals surface area contributed by atoms with Gasteiger partial charge in [0.1, 0.15) is 0 Å². The predicted molar refractivity (Wildman–Crippen MR) is 56.7 cm³/mol. The van der Waals surface area contributed by atoms with Crippen LogP contribution >= 0.6 is 23.1 Å². The number of rotatable bonds is 2. The summed E-state index contributed by atoms with van der Waals surface area (Å²) in [5.74, 6) is 1.26. The summed E-state index contributed by atoms with van der Waals surface area (Å²) in [6.45, 7) is 2.25. The molecule has 2 rings (SSSR count). The summed E-state index contributed by atoms with van der Waals surface area (Å²) in [6, 6.07) is 5.07. The molecule has 0 amide bonds. The van der Waals surface area contributed by atoms with E-state index < -0.39 is 0 Å². The van der Waals surface area contributed by atoms with Crippen LogP contribution in [-0.2, 0) is 0 Å². The van der Waals surface area contributed by atoms with Crippen LogP contribution in [0, 0.1) is 0 Å². The van der Waals surface area contributed by atoms with Crippen LogP contribution in [0.2, 0.25) is 0 Å². The van der Waals surface area contributed by atoms with Gasteiger partial charge in [-0.15, -0.1) is 23.1 Å². The average molecular weight is 199 g/mol. The minimum absolute atomic E-state index is 0.565. The van der Waals surface area contributed by atoms with Gasteiger partial charge in [-0.2, -0.15) is 0 Å². The van der Waals surface area contributed by atoms with Crippen molar-refractivity contribution in [1.82, 2.24) is 5.32 Å². The first kappa shape index (κ1) is 8.60. The van der Waals surface area contributed by atoms with Crippen molar-refractivity contribution in [3.05, 3.63) is 22.4 Å². The van der Waals surface area contributed by atoms with Crippen LogP contribution in [0.5, 0.6) is 0 Å². The predicted octanol–water partition coefficient (Wildman–Crippen LogP) is 2.86. The molecular weight excluding hydrogens is 186 g/mol. The van der Waals surface area contributed by atoms with Crippen LogP contribution in [-0.4, -0.2) is 11.8 Å². The SMILES string of the molecule is CCC1CSC(c2cccs2)N1. The van der Waals surface area contributed by atoms with Gasteiger partial charge >= 0.3 is 0 Å². The summed E-state index contributed by atoms with van der Waals surface area (Å²) in [4.78, 5) is 1.47. The standard InChI is InChI=1S/C9H13NS2/c1-2-7-6-12-9(10-7)8-4-3-5-11-8/h3-5,7,9-10H,2,6H2,1H3. The largest absolute Gasteiger partial charge is 0.297 e. The lowest BCUT2D eigenvalue weighted by atomic mass is 10.2. The molecule has 12 heavy (non-hydrogen) atoms. The van der Waals surface area contributed by atoms with Crippen molar-refractivity contribution in [3.63, 3.8) is 0 Å². The third kappa shape index (κ3) is 1.68. The van der Waals surface area contributed by atoms with Gasteiger partial charge in [-0.05, 0) is 17.9 Å². The number of nitrogens with one attached hydrogen (secondary N) is 1. The first-order valence-electron chi connectivity index (χ1n) is 4.31. The van der Waals surface area contributed by atoms with E-state index in [0.29, 0.717) is 5.37 Å². The Morgan fingerprint density at radius 3 is 3.17 bits per heavy atom. The monoisotopic (exact) mass is 199 g/mol. The molecule has 1 aromatic rings. The Morgan fingerprint density at radius 2 is 2.58 bits per heavy atom. The summed E-state index contributed by atoms with van der Waals surface area (Å²) in [5.41, 5.74) is 0. The van der Waals surface area contributed by atoms with Gasteiger partial charge in [0.05, 0.1) is 5.37 Å². The third-order valence-corrected chi connectivity index (χ3v) is 4.55. The van der Waals surface area contributed by atoms with E-state index in [1.54, 1.807) is 0 Å². The summed E-state index contributed by atoms with van der Waals surface area (Å²) in [5, 5.41) is 6.33. The zero-order valence-corrected chi connectivity index (χ0v) is 8.75. The Balaban J connectivity index is 2.00. The number of thiophene rings is 1. The van der Waals surface area contributed by atoms with Crippen molar-refractivity contribution in [2.45, 2.75) is 24.8 Å². The second kappa shape index (κ2) is 3.81. The highest BCUT2D eigenvalue weighted by Gasteiger charge is 2.24. The van der Waals surface area contributed by atoms with Crippen LogP contribution in [0.3, 0.4) is 0 Å². The van der Waals surface area contributed by atoms with E-state index in [9.17, 15) is 0 Å². The van der Waals surface area contributed by atoms with Gasteiger partial charge in [-0.1, -0.05) is 13.0 Å².